The van der Waals surface area contributed by atoms with Gasteiger partial charge in [-0.3, -0.25) is 4.98 Å². The molecule has 2 aromatic heterocycles. The van der Waals surface area contributed by atoms with Crippen LogP contribution in [0.4, 0.5) is 0 Å². The van der Waals surface area contributed by atoms with Gasteiger partial charge in [-0.05, 0) is 30.7 Å². The van der Waals surface area contributed by atoms with E-state index in [2.05, 4.69) is 46.5 Å². The molecule has 2 nitrogen and oxygen atoms in total. The zero-order valence-electron chi connectivity index (χ0n) is 9.55. The Kier molecular flexibility index (Phi) is 2.61. The van der Waals surface area contributed by atoms with E-state index in [0.717, 1.165) is 22.6 Å². The minimum absolute atomic E-state index is 0.992. The van der Waals surface area contributed by atoms with Crippen LogP contribution in [0.1, 0.15) is 12.6 Å². The van der Waals surface area contributed by atoms with Crippen molar-refractivity contribution in [3.63, 3.8) is 0 Å². The number of aryl methyl sites for hydroxylation is 1. The summed E-state index contributed by atoms with van der Waals surface area (Å²) in [5.74, 6) is 0. The Labute approximate surface area is 104 Å². The van der Waals surface area contributed by atoms with Crippen LogP contribution in [-0.2, 0) is 6.42 Å². The lowest BCUT2D eigenvalue weighted by atomic mass is 10.1. The smallest absolute Gasteiger partial charge is 0.123 e. The molecule has 0 saturated heterocycles. The number of benzene rings is 1. The number of nitrogens with zero attached hydrogens (tertiary/aromatic N) is 2. The van der Waals surface area contributed by atoms with E-state index >= 15 is 0 Å². The minimum Gasteiger partial charge on any atom is -0.256 e. The van der Waals surface area contributed by atoms with Gasteiger partial charge < -0.3 is 0 Å². The number of rotatable bonds is 2. The van der Waals surface area contributed by atoms with Crippen LogP contribution in [0.2, 0.25) is 0 Å². The molecule has 17 heavy (non-hydrogen) atoms. The standard InChI is InChI=1S/C14H12N2S/c1-2-12-9-17-14(16-12)11-5-6-13-10(8-11)4-3-7-15-13/h3-9H,2H2,1H3. The fraction of sp³-hybridized carbons (Fsp3) is 0.143. The average molecular weight is 240 g/mol. The van der Waals surface area contributed by atoms with Gasteiger partial charge in [0.05, 0.1) is 11.2 Å². The monoisotopic (exact) mass is 240 g/mol. The van der Waals surface area contributed by atoms with Gasteiger partial charge in [0.25, 0.3) is 0 Å². The van der Waals surface area contributed by atoms with Gasteiger partial charge in [0.15, 0.2) is 0 Å². The summed E-state index contributed by atoms with van der Waals surface area (Å²) in [4.78, 5) is 8.92. The van der Waals surface area contributed by atoms with Crippen molar-refractivity contribution in [1.29, 1.82) is 0 Å². The Morgan fingerprint density at radius 1 is 1.24 bits per heavy atom. The van der Waals surface area contributed by atoms with E-state index in [1.165, 1.54) is 10.9 Å². The van der Waals surface area contributed by atoms with Crippen molar-refractivity contribution in [2.75, 3.05) is 0 Å². The maximum atomic E-state index is 4.60. The molecular weight excluding hydrogens is 228 g/mol. The summed E-state index contributed by atoms with van der Waals surface area (Å²) in [7, 11) is 0. The quantitative estimate of drug-likeness (QED) is 0.678. The first kappa shape index (κ1) is 10.4. The van der Waals surface area contributed by atoms with Gasteiger partial charge in [-0.15, -0.1) is 11.3 Å². The van der Waals surface area contributed by atoms with Crippen molar-refractivity contribution in [3.05, 3.63) is 47.6 Å². The molecule has 84 valence electrons. The fourth-order valence-corrected chi connectivity index (χ4v) is 2.71. The molecule has 1 aromatic carbocycles. The lowest BCUT2D eigenvalue weighted by molar-refractivity contribution is 1.07. The number of pyridine rings is 1. The molecule has 0 fully saturated rings. The molecule has 0 saturated carbocycles. The Balaban J connectivity index is 2.11. The first-order chi connectivity index (χ1) is 8.36. The van der Waals surface area contributed by atoms with Crippen molar-refractivity contribution in [2.24, 2.45) is 0 Å². The minimum atomic E-state index is 0.992. The molecule has 0 aliphatic carbocycles. The van der Waals surface area contributed by atoms with Crippen LogP contribution < -0.4 is 0 Å². The molecule has 0 aliphatic heterocycles. The largest absolute Gasteiger partial charge is 0.256 e. The molecule has 0 bridgehead atoms. The second-order valence-corrected chi connectivity index (χ2v) is 4.77. The van der Waals surface area contributed by atoms with Crippen LogP contribution in [0.3, 0.4) is 0 Å². The van der Waals surface area contributed by atoms with Crippen LogP contribution in [0, 0.1) is 0 Å². The van der Waals surface area contributed by atoms with Crippen molar-refractivity contribution in [3.8, 4) is 10.6 Å². The summed E-state index contributed by atoms with van der Waals surface area (Å²) in [5, 5.41) is 4.38. The molecule has 0 N–H and O–H groups in total. The van der Waals surface area contributed by atoms with Crippen molar-refractivity contribution < 1.29 is 0 Å². The van der Waals surface area contributed by atoms with Crippen LogP contribution in [0.15, 0.2) is 41.9 Å². The zero-order valence-corrected chi connectivity index (χ0v) is 10.4. The second kappa shape index (κ2) is 4.26. The van der Waals surface area contributed by atoms with E-state index in [-0.39, 0.29) is 0 Å². The number of hydrogen-bond acceptors (Lipinski definition) is 3. The van der Waals surface area contributed by atoms with Gasteiger partial charge in [-0.25, -0.2) is 4.98 Å². The number of fused-ring (bicyclic) bond motifs is 1. The first-order valence-electron chi connectivity index (χ1n) is 5.66. The SMILES string of the molecule is CCc1csc(-c2ccc3ncccc3c2)n1. The van der Waals surface area contributed by atoms with Gasteiger partial charge in [-0.2, -0.15) is 0 Å². The predicted molar refractivity (Wildman–Crippen MR) is 72.2 cm³/mol. The third-order valence-corrected chi connectivity index (χ3v) is 3.70. The third kappa shape index (κ3) is 1.94. The highest BCUT2D eigenvalue weighted by atomic mass is 32.1. The maximum Gasteiger partial charge on any atom is 0.123 e. The van der Waals surface area contributed by atoms with Crippen LogP contribution in [-0.4, -0.2) is 9.97 Å². The zero-order chi connectivity index (χ0) is 11.7. The van der Waals surface area contributed by atoms with E-state index in [1.54, 1.807) is 11.3 Å². The van der Waals surface area contributed by atoms with E-state index in [1.807, 2.05) is 12.3 Å². The second-order valence-electron chi connectivity index (χ2n) is 3.91. The van der Waals surface area contributed by atoms with Gasteiger partial charge >= 0.3 is 0 Å². The summed E-state index contributed by atoms with van der Waals surface area (Å²) in [6, 6.07) is 10.3. The van der Waals surface area contributed by atoms with E-state index in [9.17, 15) is 0 Å². The van der Waals surface area contributed by atoms with Crippen molar-refractivity contribution >= 4 is 22.2 Å². The summed E-state index contributed by atoms with van der Waals surface area (Å²) in [6.07, 6.45) is 2.81. The molecule has 0 unspecified atom stereocenters. The molecule has 3 aromatic rings. The molecule has 3 heteroatoms. The third-order valence-electron chi connectivity index (χ3n) is 2.76. The number of hydrogen-bond donors (Lipinski definition) is 0. The highest BCUT2D eigenvalue weighted by Gasteiger charge is 2.04. The average Bonchev–Trinajstić information content (AvgIpc) is 2.87. The van der Waals surface area contributed by atoms with Crippen molar-refractivity contribution in [1.82, 2.24) is 9.97 Å². The molecule has 0 spiro atoms. The van der Waals surface area contributed by atoms with Crippen LogP contribution in [0.5, 0.6) is 0 Å². The Bertz CT molecular complexity index is 658. The Hall–Kier alpha value is -1.74. The lowest BCUT2D eigenvalue weighted by Gasteiger charge is -1.99. The maximum absolute atomic E-state index is 4.60. The molecule has 0 radical (unpaired) electrons. The van der Waals surface area contributed by atoms with Gasteiger partial charge in [-0.1, -0.05) is 13.0 Å². The predicted octanol–water partition coefficient (Wildman–Crippen LogP) is 3.92. The summed E-state index contributed by atoms with van der Waals surface area (Å²) >= 11 is 1.70. The first-order valence-corrected chi connectivity index (χ1v) is 6.54. The topological polar surface area (TPSA) is 25.8 Å². The molecule has 3 rings (SSSR count). The highest BCUT2D eigenvalue weighted by Crippen LogP contribution is 2.26. The van der Waals surface area contributed by atoms with Crippen LogP contribution in [0.25, 0.3) is 21.5 Å². The fourth-order valence-electron chi connectivity index (χ4n) is 1.81. The van der Waals surface area contributed by atoms with E-state index in [0.29, 0.717) is 0 Å². The molecule has 2 heterocycles. The number of aromatic nitrogens is 2. The summed E-state index contributed by atoms with van der Waals surface area (Å²) in [5.41, 5.74) is 3.37. The van der Waals surface area contributed by atoms with Gasteiger partial charge in [0, 0.05) is 22.5 Å². The molecule has 0 amide bonds. The van der Waals surface area contributed by atoms with Gasteiger partial charge in [0.2, 0.25) is 0 Å². The van der Waals surface area contributed by atoms with Crippen molar-refractivity contribution in [2.45, 2.75) is 13.3 Å². The van der Waals surface area contributed by atoms with Gasteiger partial charge in [0.1, 0.15) is 5.01 Å². The number of thiazole rings is 1. The normalized spacial score (nSPS) is 10.9. The Morgan fingerprint density at radius 3 is 3.00 bits per heavy atom. The van der Waals surface area contributed by atoms with Crippen LogP contribution >= 0.6 is 11.3 Å². The Morgan fingerprint density at radius 2 is 2.18 bits per heavy atom. The summed E-state index contributed by atoms with van der Waals surface area (Å²) < 4.78 is 0. The molecule has 0 aliphatic rings. The molecule has 0 atom stereocenters. The lowest BCUT2D eigenvalue weighted by Crippen LogP contribution is -1.82. The van der Waals surface area contributed by atoms with E-state index in [4.69, 9.17) is 0 Å². The molecular formula is C14H12N2S. The van der Waals surface area contributed by atoms with E-state index < -0.39 is 0 Å². The highest BCUT2D eigenvalue weighted by molar-refractivity contribution is 7.13. The summed E-state index contributed by atoms with van der Waals surface area (Å²) in [6.45, 7) is 2.13.